The first-order valence-corrected chi connectivity index (χ1v) is 13.2. The van der Waals surface area contributed by atoms with E-state index < -0.39 is 11.6 Å². The summed E-state index contributed by atoms with van der Waals surface area (Å²) in [7, 11) is 0. The molecule has 0 spiro atoms. The van der Waals surface area contributed by atoms with Crippen LogP contribution in [0.25, 0.3) is 6.08 Å². The van der Waals surface area contributed by atoms with E-state index in [0.717, 1.165) is 23.0 Å². The van der Waals surface area contributed by atoms with Crippen molar-refractivity contribution in [1.29, 1.82) is 0 Å². The molecule has 0 amide bonds. The van der Waals surface area contributed by atoms with E-state index in [0.29, 0.717) is 11.1 Å². The highest BCUT2D eigenvalue weighted by Gasteiger charge is 2.38. The zero-order valence-corrected chi connectivity index (χ0v) is 25.0. The zero-order chi connectivity index (χ0) is 29.0. The molecular formula is C33H43O5+. The number of hydrogen-bond donors (Lipinski definition) is 1. The van der Waals surface area contributed by atoms with Crippen LogP contribution >= 0.6 is 0 Å². The van der Waals surface area contributed by atoms with Gasteiger partial charge in [-0.3, -0.25) is 9.59 Å². The molecule has 0 fully saturated rings. The van der Waals surface area contributed by atoms with E-state index in [1.807, 2.05) is 107 Å². The van der Waals surface area contributed by atoms with E-state index in [4.69, 9.17) is 9.15 Å². The fourth-order valence-corrected chi connectivity index (χ4v) is 3.89. The number of ketones is 2. The van der Waals surface area contributed by atoms with Crippen LogP contribution in [0, 0.1) is 10.8 Å². The molecule has 0 radical (unpaired) electrons. The lowest BCUT2D eigenvalue weighted by molar-refractivity contribution is -0.131. The monoisotopic (exact) mass is 519 g/mol. The van der Waals surface area contributed by atoms with Crippen LogP contribution in [0.1, 0.15) is 100 Å². The molecule has 38 heavy (non-hydrogen) atoms. The standard InChI is InChI=1S/C33H42O5/c1-30(2,3)23-15-19(16-24(37-23)31(4,5)6)13-21-27(34)22(29(36)28(21)35)14-20-17-25(32(7,8)9)38-26(18-20)33(10,11)12/h13-18H,1-12H3/p+1. The van der Waals surface area contributed by atoms with Crippen molar-refractivity contribution >= 4 is 17.6 Å². The molecule has 1 N–H and O–H groups in total. The predicted octanol–water partition coefficient (Wildman–Crippen LogP) is 8.32. The van der Waals surface area contributed by atoms with Crippen LogP contribution in [0.4, 0.5) is 0 Å². The molecule has 5 heteroatoms. The van der Waals surface area contributed by atoms with Crippen molar-refractivity contribution in [3.05, 3.63) is 81.4 Å². The molecule has 5 nitrogen and oxygen atoms in total. The van der Waals surface area contributed by atoms with Crippen LogP contribution in [0.15, 0.2) is 68.8 Å². The smallest absolute Gasteiger partial charge is 0.335 e. The Bertz CT molecular complexity index is 1270. The fraction of sp³-hybridized carbons (Fsp3) is 0.485. The van der Waals surface area contributed by atoms with Gasteiger partial charge in [-0.2, -0.15) is 0 Å². The highest BCUT2D eigenvalue weighted by molar-refractivity contribution is 6.54. The van der Waals surface area contributed by atoms with Crippen molar-refractivity contribution in [2.75, 3.05) is 0 Å². The van der Waals surface area contributed by atoms with E-state index in [1.165, 1.54) is 0 Å². The molecule has 204 valence electrons. The van der Waals surface area contributed by atoms with Gasteiger partial charge in [0.15, 0.2) is 0 Å². The predicted molar refractivity (Wildman–Crippen MR) is 152 cm³/mol. The van der Waals surface area contributed by atoms with Gasteiger partial charge in [-0.1, -0.05) is 41.5 Å². The maximum Gasteiger partial charge on any atom is 0.335 e. The first kappa shape index (κ1) is 29.3. The third kappa shape index (κ3) is 6.25. The van der Waals surface area contributed by atoms with Crippen molar-refractivity contribution in [3.8, 4) is 0 Å². The second-order valence-corrected chi connectivity index (χ2v) is 14.4. The number of rotatable bonds is 2. The van der Waals surface area contributed by atoms with Crippen molar-refractivity contribution in [1.82, 2.24) is 0 Å². The fourth-order valence-electron chi connectivity index (χ4n) is 3.89. The van der Waals surface area contributed by atoms with Crippen LogP contribution < -0.4 is 0 Å². The van der Waals surface area contributed by atoms with Gasteiger partial charge in [0.1, 0.15) is 17.3 Å². The third-order valence-corrected chi connectivity index (χ3v) is 6.42. The Morgan fingerprint density at radius 3 is 1.53 bits per heavy atom. The molecular weight excluding hydrogens is 476 g/mol. The summed E-state index contributed by atoms with van der Waals surface area (Å²) < 4.78 is 12.4. The lowest BCUT2D eigenvalue weighted by atomic mass is 9.87. The number of aliphatic hydroxyl groups is 1. The van der Waals surface area contributed by atoms with Crippen LogP contribution in [0.2, 0.25) is 0 Å². The molecule has 1 aromatic heterocycles. The second kappa shape index (κ2) is 9.52. The Labute approximate surface area is 227 Å². The lowest BCUT2D eigenvalue weighted by Gasteiger charge is -2.32. The molecule has 2 heterocycles. The van der Waals surface area contributed by atoms with Gasteiger partial charge in [-0.15, -0.1) is 0 Å². The lowest BCUT2D eigenvalue weighted by Crippen LogP contribution is -2.21. The highest BCUT2D eigenvalue weighted by Crippen LogP contribution is 2.40. The number of hydrogen-bond acceptors (Lipinski definition) is 4. The Morgan fingerprint density at radius 1 is 0.684 bits per heavy atom. The van der Waals surface area contributed by atoms with Crippen molar-refractivity contribution in [2.24, 2.45) is 10.8 Å². The summed E-state index contributed by atoms with van der Waals surface area (Å²) in [6.45, 7) is 24.6. The Kier molecular flexibility index (Phi) is 7.35. The van der Waals surface area contributed by atoms with Crippen LogP contribution in [-0.2, 0) is 25.2 Å². The minimum Gasteiger partial charge on any atom is -0.506 e. The number of aliphatic hydroxyl groups excluding tert-OH is 1. The summed E-state index contributed by atoms with van der Waals surface area (Å²) in [6, 6.07) is 3.72. The number of Topliss-reactive ketones (excluding diaryl/α,β-unsaturated/α-hetero) is 2. The van der Waals surface area contributed by atoms with Gasteiger partial charge in [-0.25, -0.2) is 4.42 Å². The van der Waals surface area contributed by atoms with E-state index in [2.05, 4.69) is 0 Å². The van der Waals surface area contributed by atoms with E-state index in [-0.39, 0.29) is 38.6 Å². The first-order valence-electron chi connectivity index (χ1n) is 13.2. The molecule has 1 aliphatic heterocycles. The number of ether oxygens (including phenoxy) is 1. The van der Waals surface area contributed by atoms with Gasteiger partial charge in [-0.05, 0) is 77.0 Å². The topological polar surface area (TPSA) is 74.9 Å². The molecule has 0 unspecified atom stereocenters. The second-order valence-electron chi connectivity index (χ2n) is 14.4. The molecule has 0 saturated carbocycles. The SMILES string of the molecule is CC(C)(C)C1=CC(=CC2=C(O)C(=Cc3cc(C(C)(C)C)[o+]c(C(C)(C)C)c3)C(=O)C2=O)C=C(C(C)(C)C)O1. The quantitative estimate of drug-likeness (QED) is 0.241. The first-order chi connectivity index (χ1) is 17.1. The maximum absolute atomic E-state index is 13.1. The van der Waals surface area contributed by atoms with Gasteiger partial charge in [0, 0.05) is 23.0 Å². The Hall–Kier alpha value is -3.21. The largest absolute Gasteiger partial charge is 0.506 e. The van der Waals surface area contributed by atoms with Crippen molar-refractivity contribution in [2.45, 2.75) is 93.9 Å². The van der Waals surface area contributed by atoms with E-state index in [9.17, 15) is 14.7 Å². The summed E-state index contributed by atoms with van der Waals surface area (Å²) in [6.07, 6.45) is 6.88. The third-order valence-electron chi connectivity index (χ3n) is 6.42. The summed E-state index contributed by atoms with van der Waals surface area (Å²) >= 11 is 0. The Morgan fingerprint density at radius 2 is 1.13 bits per heavy atom. The van der Waals surface area contributed by atoms with Crippen LogP contribution in [0.3, 0.4) is 0 Å². The highest BCUT2D eigenvalue weighted by atomic mass is 16.5. The van der Waals surface area contributed by atoms with Gasteiger partial charge in [0.2, 0.25) is 11.6 Å². The molecule has 0 aromatic carbocycles. The zero-order valence-electron chi connectivity index (χ0n) is 25.0. The molecule has 1 aromatic rings. The molecule has 0 bridgehead atoms. The van der Waals surface area contributed by atoms with Gasteiger partial charge < -0.3 is 9.84 Å². The normalized spacial score (nSPS) is 18.6. The average molecular weight is 520 g/mol. The van der Waals surface area contributed by atoms with E-state index >= 15 is 0 Å². The van der Waals surface area contributed by atoms with Gasteiger partial charge >= 0.3 is 11.5 Å². The minimum atomic E-state index is -0.725. The summed E-state index contributed by atoms with van der Waals surface area (Å²) in [5, 5.41) is 11.1. The maximum atomic E-state index is 13.1. The molecule has 0 atom stereocenters. The van der Waals surface area contributed by atoms with Crippen molar-refractivity contribution < 1.29 is 23.8 Å². The number of carbonyl (C=O) groups excluding carboxylic acids is 2. The number of allylic oxidation sites excluding steroid dienone is 8. The molecule has 2 aliphatic rings. The number of carbonyl (C=O) groups is 2. The summed E-state index contributed by atoms with van der Waals surface area (Å²) in [4.78, 5) is 26.1. The summed E-state index contributed by atoms with van der Waals surface area (Å²) in [5.74, 6) is 1.24. The van der Waals surface area contributed by atoms with Crippen LogP contribution in [-0.4, -0.2) is 16.7 Å². The van der Waals surface area contributed by atoms with E-state index in [1.54, 1.807) is 12.2 Å². The van der Waals surface area contributed by atoms with Gasteiger partial charge in [0.05, 0.1) is 22.0 Å². The molecule has 3 rings (SSSR count). The van der Waals surface area contributed by atoms with Crippen molar-refractivity contribution in [3.63, 3.8) is 0 Å². The molecule has 1 aliphatic carbocycles. The molecule has 0 saturated heterocycles. The summed E-state index contributed by atoms with van der Waals surface area (Å²) in [5.41, 5.74) is 0.282. The Balaban J connectivity index is 2.18. The average Bonchev–Trinajstić information content (AvgIpc) is 2.94. The van der Waals surface area contributed by atoms with Crippen LogP contribution in [0.5, 0.6) is 0 Å². The van der Waals surface area contributed by atoms with Gasteiger partial charge in [0.25, 0.3) is 0 Å². The minimum absolute atomic E-state index is 0.0140.